The Kier molecular flexibility index (Phi) is 5.45. The summed E-state index contributed by atoms with van der Waals surface area (Å²) >= 11 is 2.79. The van der Waals surface area contributed by atoms with E-state index in [1.54, 1.807) is 0 Å². The first-order chi connectivity index (χ1) is 10.1. The molecule has 2 heterocycles. The molecule has 9 heteroatoms. The molecule has 0 aliphatic carbocycles. The molecule has 0 radical (unpaired) electrons. The van der Waals surface area contributed by atoms with Crippen LogP contribution < -0.4 is 16.8 Å². The number of nitrogens with two attached hydrogens (primary N) is 2. The lowest BCUT2D eigenvalue weighted by atomic mass is 10.4. The molecule has 0 spiro atoms. The molecule has 2 aromatic heterocycles. The van der Waals surface area contributed by atoms with Gasteiger partial charge in [-0.05, 0) is 24.4 Å². The molecular weight excluding hydrogens is 306 g/mol. The van der Waals surface area contributed by atoms with Gasteiger partial charge in [-0.3, -0.25) is 0 Å². The van der Waals surface area contributed by atoms with Crippen LogP contribution in [0.2, 0.25) is 0 Å². The molecule has 112 valence electrons. The third kappa shape index (κ3) is 4.64. The van der Waals surface area contributed by atoms with Crippen LogP contribution in [-0.4, -0.2) is 32.7 Å². The largest absolute Gasteiger partial charge is 0.383 e. The van der Waals surface area contributed by atoms with Gasteiger partial charge in [0.15, 0.2) is 10.3 Å². The van der Waals surface area contributed by atoms with E-state index in [1.807, 2.05) is 12.3 Å². The second-order valence-electron chi connectivity index (χ2n) is 4.11. The van der Waals surface area contributed by atoms with E-state index in [2.05, 4.69) is 32.2 Å². The molecule has 2 rings (SSSR count). The summed E-state index contributed by atoms with van der Waals surface area (Å²) in [5, 5.41) is 5.16. The van der Waals surface area contributed by atoms with Gasteiger partial charge in [0.2, 0.25) is 0 Å². The Balaban J connectivity index is 2.25. The lowest BCUT2D eigenvalue weighted by Gasteiger charge is -2.08. The number of hydrogen-bond acceptors (Lipinski definition) is 9. The number of aromatic nitrogens is 4. The van der Waals surface area contributed by atoms with Crippen LogP contribution in [0.5, 0.6) is 0 Å². The zero-order valence-electron chi connectivity index (χ0n) is 11.8. The Morgan fingerprint density at radius 3 is 2.38 bits per heavy atom. The normalized spacial score (nSPS) is 10.6. The van der Waals surface area contributed by atoms with Crippen LogP contribution in [-0.2, 0) is 0 Å². The predicted molar refractivity (Wildman–Crippen MR) is 87.6 cm³/mol. The molecule has 7 nitrogen and oxygen atoms in total. The lowest BCUT2D eigenvalue weighted by molar-refractivity contribution is 0.873. The Bertz CT molecular complexity index is 600. The smallest absolute Gasteiger partial charge is 0.197 e. The molecule has 5 N–H and O–H groups in total. The number of nitrogen functional groups attached to an aromatic ring is 2. The van der Waals surface area contributed by atoms with Crippen molar-refractivity contribution in [3.8, 4) is 0 Å². The van der Waals surface area contributed by atoms with Crippen molar-refractivity contribution < 1.29 is 0 Å². The average molecular weight is 323 g/mol. The number of thioether (sulfide) groups is 1. The van der Waals surface area contributed by atoms with Gasteiger partial charge in [0, 0.05) is 18.7 Å². The minimum Gasteiger partial charge on any atom is -0.383 e. The highest BCUT2D eigenvalue weighted by Gasteiger charge is 2.08. The summed E-state index contributed by atoms with van der Waals surface area (Å²) < 4.78 is 0. The van der Waals surface area contributed by atoms with Gasteiger partial charge in [-0.1, -0.05) is 18.7 Å². The van der Waals surface area contributed by atoms with Crippen LogP contribution >= 0.6 is 23.5 Å². The van der Waals surface area contributed by atoms with Crippen LogP contribution in [0.1, 0.15) is 13.3 Å². The number of rotatable bonds is 6. The summed E-state index contributed by atoms with van der Waals surface area (Å²) in [5.74, 6) is 1.47. The van der Waals surface area contributed by atoms with Crippen molar-refractivity contribution in [2.24, 2.45) is 0 Å². The number of anilines is 3. The molecule has 0 aromatic carbocycles. The average Bonchev–Trinajstić information content (AvgIpc) is 2.43. The van der Waals surface area contributed by atoms with Crippen LogP contribution in [0.15, 0.2) is 27.5 Å². The van der Waals surface area contributed by atoms with E-state index in [-0.39, 0.29) is 0 Å². The molecule has 0 saturated heterocycles. The molecule has 0 aliphatic heterocycles. The van der Waals surface area contributed by atoms with Gasteiger partial charge >= 0.3 is 0 Å². The van der Waals surface area contributed by atoms with Gasteiger partial charge in [0.05, 0.1) is 0 Å². The fourth-order valence-electron chi connectivity index (χ4n) is 1.49. The molecule has 0 atom stereocenters. The van der Waals surface area contributed by atoms with Gasteiger partial charge in [-0.15, -0.1) is 0 Å². The predicted octanol–water partition coefficient (Wildman–Crippen LogP) is 2.13. The van der Waals surface area contributed by atoms with Crippen molar-refractivity contribution in [1.29, 1.82) is 0 Å². The van der Waals surface area contributed by atoms with Crippen molar-refractivity contribution in [3.63, 3.8) is 0 Å². The molecule has 0 fully saturated rings. The monoisotopic (exact) mass is 323 g/mol. The zero-order chi connectivity index (χ0) is 15.2. The molecule has 0 amide bonds. The molecular formula is C12H17N7S2. The van der Waals surface area contributed by atoms with Gasteiger partial charge in [-0.2, -0.15) is 0 Å². The maximum atomic E-state index is 5.67. The highest BCUT2D eigenvalue weighted by Crippen LogP contribution is 2.27. The van der Waals surface area contributed by atoms with Crippen molar-refractivity contribution in [2.45, 2.75) is 28.7 Å². The summed E-state index contributed by atoms with van der Waals surface area (Å²) in [6.07, 6.45) is 2.96. The van der Waals surface area contributed by atoms with Crippen molar-refractivity contribution >= 4 is 41.0 Å². The number of hydrogen-bond donors (Lipinski definition) is 3. The van der Waals surface area contributed by atoms with E-state index < -0.39 is 0 Å². The Morgan fingerprint density at radius 2 is 1.76 bits per heavy atom. The fraction of sp³-hybridized carbons (Fsp3) is 0.333. The lowest BCUT2D eigenvalue weighted by Crippen LogP contribution is -2.04. The van der Waals surface area contributed by atoms with Gasteiger partial charge in [0.25, 0.3) is 0 Å². The quantitative estimate of drug-likeness (QED) is 0.417. The van der Waals surface area contributed by atoms with E-state index in [4.69, 9.17) is 11.5 Å². The Morgan fingerprint density at radius 1 is 1.05 bits per heavy atom. The van der Waals surface area contributed by atoms with Crippen LogP contribution in [0.3, 0.4) is 0 Å². The molecule has 0 bridgehead atoms. The van der Waals surface area contributed by atoms with Crippen molar-refractivity contribution in [2.75, 3.05) is 29.6 Å². The zero-order valence-corrected chi connectivity index (χ0v) is 13.5. The topological polar surface area (TPSA) is 116 Å². The van der Waals surface area contributed by atoms with E-state index in [0.29, 0.717) is 21.9 Å². The van der Waals surface area contributed by atoms with Crippen LogP contribution in [0.25, 0.3) is 0 Å². The standard InChI is InChI=1S/C12H17N7S2/c1-3-4-15-9-6-10(19-11(18-9)20-2)21-12-16-7(13)5-8(14)17-12/h5-6H,3-4H2,1-2H3,(H,15,18,19)(H4,13,14,16,17). The first-order valence-electron chi connectivity index (χ1n) is 6.35. The third-order valence-electron chi connectivity index (χ3n) is 2.36. The summed E-state index contributed by atoms with van der Waals surface area (Å²) in [7, 11) is 0. The maximum Gasteiger partial charge on any atom is 0.197 e. The van der Waals surface area contributed by atoms with Crippen molar-refractivity contribution in [3.05, 3.63) is 12.1 Å². The summed E-state index contributed by atoms with van der Waals surface area (Å²) in [4.78, 5) is 17.1. The van der Waals surface area contributed by atoms with E-state index in [9.17, 15) is 0 Å². The summed E-state index contributed by atoms with van der Waals surface area (Å²) in [6, 6.07) is 3.38. The van der Waals surface area contributed by atoms with E-state index in [0.717, 1.165) is 23.8 Å². The van der Waals surface area contributed by atoms with Gasteiger partial charge < -0.3 is 16.8 Å². The number of nitrogens with zero attached hydrogens (tertiary/aromatic N) is 4. The first-order valence-corrected chi connectivity index (χ1v) is 8.39. The fourth-order valence-corrected chi connectivity index (χ4v) is 2.72. The van der Waals surface area contributed by atoms with E-state index in [1.165, 1.54) is 29.6 Å². The molecule has 2 aromatic rings. The second-order valence-corrected chi connectivity index (χ2v) is 5.87. The van der Waals surface area contributed by atoms with E-state index >= 15 is 0 Å². The first kappa shape index (κ1) is 15.6. The Labute approximate surface area is 131 Å². The maximum absolute atomic E-state index is 5.67. The molecule has 0 saturated carbocycles. The van der Waals surface area contributed by atoms with Crippen molar-refractivity contribution in [1.82, 2.24) is 19.9 Å². The molecule has 0 aliphatic rings. The second kappa shape index (κ2) is 7.32. The minimum absolute atomic E-state index is 0.341. The Hall–Kier alpha value is -1.74. The van der Waals surface area contributed by atoms with Crippen LogP contribution in [0.4, 0.5) is 17.5 Å². The number of nitrogens with one attached hydrogen (secondary N) is 1. The SMILES string of the molecule is CCCNc1cc(Sc2nc(N)cc(N)n2)nc(SC)n1. The highest BCUT2D eigenvalue weighted by molar-refractivity contribution is 7.99. The third-order valence-corrected chi connectivity index (χ3v) is 3.69. The molecule has 21 heavy (non-hydrogen) atoms. The van der Waals surface area contributed by atoms with Gasteiger partial charge in [0.1, 0.15) is 22.5 Å². The summed E-state index contributed by atoms with van der Waals surface area (Å²) in [6.45, 7) is 2.96. The summed E-state index contributed by atoms with van der Waals surface area (Å²) in [5.41, 5.74) is 11.3. The van der Waals surface area contributed by atoms with Crippen LogP contribution in [0, 0.1) is 0 Å². The van der Waals surface area contributed by atoms with Gasteiger partial charge in [-0.25, -0.2) is 19.9 Å². The minimum atomic E-state index is 0.341. The molecule has 0 unspecified atom stereocenters. The highest BCUT2D eigenvalue weighted by atomic mass is 32.2.